The van der Waals surface area contributed by atoms with Gasteiger partial charge in [0, 0.05) is 19.2 Å². The molecule has 1 N–H and O–H groups in total. The highest BCUT2D eigenvalue weighted by atomic mass is 35.5. The zero-order chi connectivity index (χ0) is 25.5. The molecule has 35 heavy (non-hydrogen) atoms. The van der Waals surface area contributed by atoms with Gasteiger partial charge in [-0.2, -0.15) is 13.2 Å². The number of likely N-dealkylation sites (tertiary alicyclic amines) is 1. The fourth-order valence-electron chi connectivity index (χ4n) is 3.85. The van der Waals surface area contributed by atoms with E-state index < -0.39 is 33.6 Å². The highest BCUT2D eigenvalue weighted by Crippen LogP contribution is 2.41. The van der Waals surface area contributed by atoms with E-state index in [0.717, 1.165) is 46.2 Å². The summed E-state index contributed by atoms with van der Waals surface area (Å²) < 4.78 is 74.8. The van der Waals surface area contributed by atoms with Crippen LogP contribution < -0.4 is 9.46 Å². The maximum absolute atomic E-state index is 13.6. The van der Waals surface area contributed by atoms with Crippen LogP contribution >= 0.6 is 22.9 Å². The second-order valence-electron chi connectivity index (χ2n) is 8.65. The fraction of sp³-hybridized carbons (Fsp3) is 0.333. The van der Waals surface area contributed by atoms with Crippen LogP contribution in [0.3, 0.4) is 0 Å². The minimum Gasteiger partial charge on any atom is -0.488 e. The predicted molar refractivity (Wildman–Crippen MR) is 133 cm³/mol. The van der Waals surface area contributed by atoms with E-state index in [-0.39, 0.29) is 14.9 Å². The monoisotopic (exact) mass is 544 g/mol. The topological polar surface area (TPSA) is 58.6 Å². The molecule has 5 nitrogen and oxygen atoms in total. The Morgan fingerprint density at radius 1 is 1.11 bits per heavy atom. The van der Waals surface area contributed by atoms with Gasteiger partial charge in [-0.25, -0.2) is 8.42 Å². The van der Waals surface area contributed by atoms with Crippen LogP contribution in [0.5, 0.6) is 5.75 Å². The Morgan fingerprint density at radius 3 is 2.49 bits per heavy atom. The SMILES string of the molecule is Cc1ccc(-c2sc(S(=O)(=O)Nc3ccc(C(F)(F)F)c(O[C@@H]4CCN(C)C4)c3)cc2Cl)cc1C. The normalized spacial score (nSPS) is 17.1. The Hall–Kier alpha value is -2.27. The summed E-state index contributed by atoms with van der Waals surface area (Å²) in [6.07, 6.45) is -4.47. The van der Waals surface area contributed by atoms with Crippen LogP contribution in [0, 0.1) is 13.8 Å². The van der Waals surface area contributed by atoms with Crippen LogP contribution in [0.15, 0.2) is 46.7 Å². The second-order valence-corrected chi connectivity index (χ2v) is 12.0. The lowest BCUT2D eigenvalue weighted by Gasteiger charge is -2.19. The highest BCUT2D eigenvalue weighted by molar-refractivity contribution is 7.94. The Balaban J connectivity index is 1.63. The third-order valence-corrected chi connectivity index (χ3v) is 9.33. The van der Waals surface area contributed by atoms with Crippen molar-refractivity contribution in [3.63, 3.8) is 0 Å². The third kappa shape index (κ3) is 5.77. The van der Waals surface area contributed by atoms with E-state index in [2.05, 4.69) is 4.72 Å². The van der Waals surface area contributed by atoms with Gasteiger partial charge in [0.2, 0.25) is 0 Å². The molecule has 0 amide bonds. The molecule has 2 heterocycles. The molecule has 4 rings (SSSR count). The first-order chi connectivity index (χ1) is 16.3. The number of anilines is 1. The van der Waals surface area contributed by atoms with Crippen molar-refractivity contribution in [2.45, 2.75) is 36.8 Å². The summed E-state index contributed by atoms with van der Waals surface area (Å²) in [4.78, 5) is 2.55. The van der Waals surface area contributed by atoms with Gasteiger partial charge in [-0.05, 0) is 62.2 Å². The molecule has 1 saturated heterocycles. The van der Waals surface area contributed by atoms with Gasteiger partial charge in [0.15, 0.2) is 0 Å². The van der Waals surface area contributed by atoms with Crippen molar-refractivity contribution in [2.24, 2.45) is 0 Å². The van der Waals surface area contributed by atoms with Crippen LogP contribution in [0.4, 0.5) is 18.9 Å². The minimum atomic E-state index is -4.64. The number of aryl methyl sites for hydroxylation is 2. The van der Waals surface area contributed by atoms with E-state index in [1.54, 1.807) is 0 Å². The fourth-order valence-corrected chi connectivity index (χ4v) is 6.72. The summed E-state index contributed by atoms with van der Waals surface area (Å²) in [5.41, 5.74) is 1.94. The van der Waals surface area contributed by atoms with Crippen LogP contribution in [0.25, 0.3) is 10.4 Å². The first-order valence-electron chi connectivity index (χ1n) is 10.8. The number of rotatable bonds is 6. The summed E-state index contributed by atoms with van der Waals surface area (Å²) >= 11 is 7.35. The molecule has 1 aliphatic rings. The lowest BCUT2D eigenvalue weighted by Crippen LogP contribution is -2.23. The molecule has 0 radical (unpaired) electrons. The zero-order valence-corrected chi connectivity index (χ0v) is 21.6. The minimum absolute atomic E-state index is 0.0309. The van der Waals surface area contributed by atoms with Crippen LogP contribution in [-0.2, 0) is 16.2 Å². The van der Waals surface area contributed by atoms with Gasteiger partial charge in [0.25, 0.3) is 10.0 Å². The molecule has 0 spiro atoms. The van der Waals surface area contributed by atoms with Crippen molar-refractivity contribution in [3.05, 3.63) is 64.2 Å². The number of nitrogens with zero attached hydrogens (tertiary/aromatic N) is 1. The average molecular weight is 545 g/mol. The van der Waals surface area contributed by atoms with Crippen LogP contribution in [-0.4, -0.2) is 39.6 Å². The first-order valence-corrected chi connectivity index (χ1v) is 13.5. The molecule has 1 aliphatic heterocycles. The molecule has 1 aromatic heterocycles. The van der Waals surface area contributed by atoms with Crippen molar-refractivity contribution < 1.29 is 26.3 Å². The molecule has 0 bridgehead atoms. The molecule has 0 unspecified atom stereocenters. The standard InChI is InChI=1S/C24H24ClF3N2O3S2/c1-14-4-5-16(10-15(14)2)23-20(25)12-22(34-23)35(31,32)29-17-6-7-19(24(26,27)28)21(11-17)33-18-8-9-30(3)13-18/h4-7,10-12,18,29H,8-9,13H2,1-3H3/t18-/m1/s1. The number of likely N-dealkylation sites (N-methyl/N-ethyl adjacent to an activating group) is 1. The van der Waals surface area contributed by atoms with E-state index in [1.165, 1.54) is 6.07 Å². The Labute approximate surface area is 211 Å². The smallest absolute Gasteiger partial charge is 0.419 e. The molecule has 0 saturated carbocycles. The van der Waals surface area contributed by atoms with Gasteiger partial charge in [-0.15, -0.1) is 11.3 Å². The van der Waals surface area contributed by atoms with E-state index in [4.69, 9.17) is 16.3 Å². The largest absolute Gasteiger partial charge is 0.488 e. The van der Waals surface area contributed by atoms with Gasteiger partial charge in [-0.3, -0.25) is 4.72 Å². The van der Waals surface area contributed by atoms with Crippen molar-refractivity contribution in [3.8, 4) is 16.2 Å². The van der Waals surface area contributed by atoms with E-state index in [0.29, 0.717) is 24.4 Å². The van der Waals surface area contributed by atoms with E-state index in [1.807, 2.05) is 44.0 Å². The van der Waals surface area contributed by atoms with E-state index in [9.17, 15) is 21.6 Å². The maximum Gasteiger partial charge on any atom is 0.419 e. The van der Waals surface area contributed by atoms with E-state index >= 15 is 0 Å². The number of nitrogens with one attached hydrogen (secondary N) is 1. The summed E-state index contributed by atoms with van der Waals surface area (Å²) in [6, 6.07) is 10.0. The zero-order valence-electron chi connectivity index (χ0n) is 19.2. The van der Waals surface area contributed by atoms with Crippen molar-refractivity contribution in [1.29, 1.82) is 0 Å². The summed E-state index contributed by atoms with van der Waals surface area (Å²) in [5.74, 6) is -0.405. The Morgan fingerprint density at radius 2 is 1.86 bits per heavy atom. The van der Waals surface area contributed by atoms with Crippen LogP contribution in [0.2, 0.25) is 5.02 Å². The molecule has 1 atom stereocenters. The highest BCUT2D eigenvalue weighted by Gasteiger charge is 2.36. The lowest BCUT2D eigenvalue weighted by molar-refractivity contribution is -0.139. The number of benzene rings is 2. The predicted octanol–water partition coefficient (Wildman–Crippen LogP) is 6.59. The summed E-state index contributed by atoms with van der Waals surface area (Å²) in [5, 5.41) is 0.278. The molecule has 3 aromatic rings. The molecular weight excluding hydrogens is 521 g/mol. The number of hydrogen-bond acceptors (Lipinski definition) is 5. The molecule has 1 fully saturated rings. The molecule has 0 aliphatic carbocycles. The van der Waals surface area contributed by atoms with Gasteiger partial charge in [-0.1, -0.05) is 29.8 Å². The van der Waals surface area contributed by atoms with Gasteiger partial charge in [0.1, 0.15) is 16.1 Å². The van der Waals surface area contributed by atoms with Crippen molar-refractivity contribution >= 4 is 38.6 Å². The molecule has 11 heteroatoms. The quantitative estimate of drug-likeness (QED) is 0.380. The molecular formula is C24H24ClF3N2O3S2. The average Bonchev–Trinajstić information content (AvgIpc) is 3.35. The Kier molecular flexibility index (Phi) is 7.11. The van der Waals surface area contributed by atoms with Crippen molar-refractivity contribution in [1.82, 2.24) is 4.90 Å². The Bertz CT molecular complexity index is 1360. The number of sulfonamides is 1. The molecule has 188 valence electrons. The third-order valence-electron chi connectivity index (χ3n) is 5.88. The first kappa shape index (κ1) is 25.8. The maximum atomic E-state index is 13.6. The lowest BCUT2D eigenvalue weighted by atomic mass is 10.1. The number of ether oxygens (including phenoxy) is 1. The number of alkyl halides is 3. The van der Waals surface area contributed by atoms with Gasteiger partial charge < -0.3 is 9.64 Å². The van der Waals surface area contributed by atoms with Gasteiger partial charge >= 0.3 is 6.18 Å². The number of halogens is 4. The summed E-state index contributed by atoms with van der Waals surface area (Å²) in [7, 11) is -2.25. The van der Waals surface area contributed by atoms with Crippen molar-refractivity contribution in [2.75, 3.05) is 24.9 Å². The number of hydrogen-bond donors (Lipinski definition) is 1. The number of thiophene rings is 1. The second kappa shape index (κ2) is 9.65. The van der Waals surface area contributed by atoms with Crippen LogP contribution in [0.1, 0.15) is 23.1 Å². The van der Waals surface area contributed by atoms with Gasteiger partial charge in [0.05, 0.1) is 21.2 Å². The summed E-state index contributed by atoms with van der Waals surface area (Å²) in [6.45, 7) is 5.12. The molecule has 2 aromatic carbocycles.